The fourth-order valence-corrected chi connectivity index (χ4v) is 4.42. The monoisotopic (exact) mass is 327 g/mol. The second-order valence-corrected chi connectivity index (χ2v) is 8.02. The van der Waals surface area contributed by atoms with Crippen molar-refractivity contribution < 1.29 is 14.6 Å². The van der Waals surface area contributed by atoms with Crippen LogP contribution in [0.5, 0.6) is 0 Å². The van der Waals surface area contributed by atoms with Crippen LogP contribution < -0.4 is 0 Å². The molecule has 1 aliphatic heterocycles. The highest BCUT2D eigenvalue weighted by atomic mass is 16.6. The minimum atomic E-state index is -0.637. The highest BCUT2D eigenvalue weighted by Crippen LogP contribution is 2.44. The van der Waals surface area contributed by atoms with E-state index >= 15 is 0 Å². The van der Waals surface area contributed by atoms with Gasteiger partial charge >= 0.3 is 0 Å². The molecule has 6 unspecified atom stereocenters. The molecule has 1 N–H and O–H groups in total. The topological polar surface area (TPSA) is 41.9 Å². The first-order valence-corrected chi connectivity index (χ1v) is 9.55. The highest BCUT2D eigenvalue weighted by Gasteiger charge is 2.40. The molecule has 1 saturated carbocycles. The van der Waals surface area contributed by atoms with Crippen molar-refractivity contribution in [2.45, 2.75) is 64.8 Å². The molecule has 0 aromatic rings. The maximum absolute atomic E-state index is 10.5. The molecule has 23 heavy (non-hydrogen) atoms. The number of hydrogen-bond donors (Lipinski definition) is 1. The molecule has 2 aliphatic rings. The molecule has 1 aliphatic carbocycles. The first-order valence-electron chi connectivity index (χ1n) is 9.55. The van der Waals surface area contributed by atoms with Crippen LogP contribution in [-0.4, -0.2) is 56.3 Å². The smallest absolute Gasteiger partial charge is 0.157 e. The minimum Gasteiger partial charge on any atom is -0.378 e. The average Bonchev–Trinajstić information content (AvgIpc) is 2.72. The van der Waals surface area contributed by atoms with E-state index in [1.54, 1.807) is 0 Å². The number of nitrogens with zero attached hydrogens (tertiary/aromatic N) is 1. The molecule has 0 bridgehead atoms. The van der Waals surface area contributed by atoms with Crippen LogP contribution in [0.2, 0.25) is 0 Å². The van der Waals surface area contributed by atoms with Gasteiger partial charge < -0.3 is 19.5 Å². The van der Waals surface area contributed by atoms with E-state index < -0.39 is 6.29 Å². The number of fused-ring (bicyclic) bond motifs is 1. The fourth-order valence-electron chi connectivity index (χ4n) is 4.42. The van der Waals surface area contributed by atoms with Crippen LogP contribution in [0.4, 0.5) is 0 Å². The second kappa shape index (κ2) is 9.36. The Hall–Kier alpha value is -0.160. The van der Waals surface area contributed by atoms with Gasteiger partial charge in [0.2, 0.25) is 0 Å². The second-order valence-electron chi connectivity index (χ2n) is 8.02. The summed E-state index contributed by atoms with van der Waals surface area (Å²) in [5.41, 5.74) is 0. The third-order valence-electron chi connectivity index (χ3n) is 5.95. The largest absolute Gasteiger partial charge is 0.378 e. The Balaban J connectivity index is 1.85. The summed E-state index contributed by atoms with van der Waals surface area (Å²) in [6.07, 6.45) is 7.03. The van der Waals surface area contributed by atoms with Gasteiger partial charge in [-0.15, -0.1) is 0 Å². The van der Waals surface area contributed by atoms with Crippen molar-refractivity contribution in [1.29, 1.82) is 0 Å². The molecule has 2 rings (SSSR count). The molecule has 0 radical (unpaired) electrons. The molecule has 0 spiro atoms. The number of aliphatic hydroxyl groups excluding tert-OH is 1. The molecule has 4 nitrogen and oxygen atoms in total. The van der Waals surface area contributed by atoms with Gasteiger partial charge in [-0.1, -0.05) is 19.8 Å². The zero-order chi connectivity index (χ0) is 16.8. The van der Waals surface area contributed by atoms with Crippen LogP contribution in [0.3, 0.4) is 0 Å². The Labute approximate surface area is 142 Å². The lowest BCUT2D eigenvalue weighted by Crippen LogP contribution is -2.39. The maximum atomic E-state index is 10.5. The Morgan fingerprint density at radius 2 is 2.00 bits per heavy atom. The first kappa shape index (κ1) is 19.2. The van der Waals surface area contributed by atoms with Crippen LogP contribution in [0.1, 0.15) is 52.4 Å². The van der Waals surface area contributed by atoms with Crippen LogP contribution in [0.25, 0.3) is 0 Å². The van der Waals surface area contributed by atoms with E-state index in [-0.39, 0.29) is 5.92 Å². The van der Waals surface area contributed by atoms with Gasteiger partial charge in [0.05, 0.1) is 19.3 Å². The lowest BCUT2D eigenvalue weighted by molar-refractivity contribution is -0.156. The van der Waals surface area contributed by atoms with Crippen molar-refractivity contribution in [3.63, 3.8) is 0 Å². The zero-order valence-electron chi connectivity index (χ0n) is 15.5. The van der Waals surface area contributed by atoms with Crippen molar-refractivity contribution in [1.82, 2.24) is 4.90 Å². The number of hydrogen-bond acceptors (Lipinski definition) is 4. The molecular weight excluding hydrogens is 290 g/mol. The highest BCUT2D eigenvalue weighted by molar-refractivity contribution is 4.87. The summed E-state index contributed by atoms with van der Waals surface area (Å²) >= 11 is 0. The van der Waals surface area contributed by atoms with Crippen molar-refractivity contribution >= 4 is 0 Å². The summed E-state index contributed by atoms with van der Waals surface area (Å²) in [5.74, 6) is 2.10. The minimum absolute atomic E-state index is 0.194. The standard InChI is InChI=1S/C19H37NO3/c1-14-9-10-16-7-5-8-17(18(16)13-23-14)15(2)19(21)22-12-6-11-20(3)4/h14-19,21H,5-13H2,1-4H3. The van der Waals surface area contributed by atoms with E-state index in [9.17, 15) is 5.11 Å². The van der Waals surface area contributed by atoms with Crippen molar-refractivity contribution in [3.05, 3.63) is 0 Å². The zero-order valence-corrected chi connectivity index (χ0v) is 15.5. The van der Waals surface area contributed by atoms with E-state index in [1.165, 1.54) is 32.1 Å². The van der Waals surface area contributed by atoms with Gasteiger partial charge in [0, 0.05) is 5.92 Å². The van der Waals surface area contributed by atoms with Gasteiger partial charge in [0.15, 0.2) is 6.29 Å². The van der Waals surface area contributed by atoms with Crippen LogP contribution >= 0.6 is 0 Å². The Kier molecular flexibility index (Phi) is 7.80. The van der Waals surface area contributed by atoms with Gasteiger partial charge in [0.25, 0.3) is 0 Å². The molecular formula is C19H37NO3. The molecule has 0 aromatic carbocycles. The Bertz CT molecular complexity index is 337. The summed E-state index contributed by atoms with van der Waals surface area (Å²) in [4.78, 5) is 2.15. The molecule has 0 amide bonds. The van der Waals surface area contributed by atoms with Crippen LogP contribution in [0, 0.1) is 23.7 Å². The summed E-state index contributed by atoms with van der Waals surface area (Å²) in [7, 11) is 4.13. The first-order chi connectivity index (χ1) is 11.0. The van der Waals surface area contributed by atoms with Gasteiger partial charge in [-0.3, -0.25) is 0 Å². The molecule has 1 heterocycles. The summed E-state index contributed by atoms with van der Waals surface area (Å²) in [6.45, 7) is 6.86. The normalized spacial score (nSPS) is 34.7. The number of ether oxygens (including phenoxy) is 2. The van der Waals surface area contributed by atoms with Gasteiger partial charge in [-0.25, -0.2) is 0 Å². The van der Waals surface area contributed by atoms with Gasteiger partial charge in [-0.2, -0.15) is 0 Å². The predicted octanol–water partition coefficient (Wildman–Crippen LogP) is 3.14. The molecule has 2 fully saturated rings. The van der Waals surface area contributed by atoms with Gasteiger partial charge in [-0.05, 0) is 71.0 Å². The van der Waals surface area contributed by atoms with Crippen molar-refractivity contribution in [3.8, 4) is 0 Å². The molecule has 0 aromatic heterocycles. The van der Waals surface area contributed by atoms with Crippen molar-refractivity contribution in [2.75, 3.05) is 33.9 Å². The Morgan fingerprint density at radius 1 is 1.22 bits per heavy atom. The molecule has 136 valence electrons. The lowest BCUT2D eigenvalue weighted by atomic mass is 9.66. The number of aliphatic hydroxyl groups is 1. The van der Waals surface area contributed by atoms with E-state index in [4.69, 9.17) is 9.47 Å². The SMILES string of the molecule is CC1CCC2CCCC(C(C)C(O)OCCCN(C)C)C2CO1. The molecule has 4 heteroatoms. The lowest BCUT2D eigenvalue weighted by Gasteiger charge is -2.41. The van der Waals surface area contributed by atoms with E-state index in [0.717, 1.165) is 25.5 Å². The summed E-state index contributed by atoms with van der Waals surface area (Å²) in [5, 5.41) is 10.5. The van der Waals surface area contributed by atoms with E-state index in [2.05, 4.69) is 32.8 Å². The Morgan fingerprint density at radius 3 is 2.74 bits per heavy atom. The quantitative estimate of drug-likeness (QED) is 0.576. The van der Waals surface area contributed by atoms with Crippen LogP contribution in [-0.2, 0) is 9.47 Å². The van der Waals surface area contributed by atoms with Crippen LogP contribution in [0.15, 0.2) is 0 Å². The average molecular weight is 328 g/mol. The van der Waals surface area contributed by atoms with Crippen molar-refractivity contribution in [2.24, 2.45) is 23.7 Å². The predicted molar refractivity (Wildman–Crippen MR) is 93.3 cm³/mol. The fraction of sp³-hybridized carbons (Fsp3) is 1.00. The molecule has 1 saturated heterocycles. The molecule has 6 atom stereocenters. The summed E-state index contributed by atoms with van der Waals surface area (Å²) < 4.78 is 11.8. The number of rotatable bonds is 7. The maximum Gasteiger partial charge on any atom is 0.157 e. The summed E-state index contributed by atoms with van der Waals surface area (Å²) in [6, 6.07) is 0. The third-order valence-corrected chi connectivity index (χ3v) is 5.95. The van der Waals surface area contributed by atoms with Gasteiger partial charge in [0.1, 0.15) is 0 Å². The van der Waals surface area contributed by atoms with E-state index in [0.29, 0.717) is 24.5 Å². The third kappa shape index (κ3) is 5.70. The van der Waals surface area contributed by atoms with E-state index in [1.807, 2.05) is 0 Å².